The van der Waals surface area contributed by atoms with Crippen LogP contribution >= 0.6 is 23.2 Å². The SMILES string of the molecule is CC(C)[C@@H]1C(=O)C(C)(C)C(=O)O[C@H]1c1ccc(Cl)cc1Cl. The van der Waals surface area contributed by atoms with Crippen LogP contribution in [0.3, 0.4) is 0 Å². The second kappa shape index (κ2) is 5.62. The standard InChI is InChI=1S/C16H18Cl2O3/c1-8(2)12-13(10-6-5-9(17)7-11(10)18)21-15(20)16(3,4)14(12)19/h5-8,12-13H,1-4H3/t12-,13-/m0/s1. The smallest absolute Gasteiger partial charge is 0.319 e. The predicted molar refractivity (Wildman–Crippen MR) is 82.4 cm³/mol. The van der Waals surface area contributed by atoms with E-state index in [2.05, 4.69) is 0 Å². The lowest BCUT2D eigenvalue weighted by molar-refractivity contribution is -0.181. The van der Waals surface area contributed by atoms with Crippen LogP contribution in [0.4, 0.5) is 0 Å². The van der Waals surface area contributed by atoms with E-state index in [1.165, 1.54) is 0 Å². The van der Waals surface area contributed by atoms with Crippen molar-refractivity contribution >= 4 is 35.0 Å². The van der Waals surface area contributed by atoms with E-state index < -0.39 is 23.4 Å². The number of ether oxygens (including phenoxy) is 1. The largest absolute Gasteiger partial charge is 0.456 e. The van der Waals surface area contributed by atoms with E-state index in [0.29, 0.717) is 15.6 Å². The third kappa shape index (κ3) is 2.82. The number of cyclic esters (lactones) is 1. The lowest BCUT2D eigenvalue weighted by Crippen LogP contribution is -2.49. The summed E-state index contributed by atoms with van der Waals surface area (Å²) in [7, 11) is 0. The summed E-state index contributed by atoms with van der Waals surface area (Å²) in [4.78, 5) is 24.8. The maximum atomic E-state index is 12.7. The molecule has 0 saturated carbocycles. The number of hydrogen-bond donors (Lipinski definition) is 0. The Morgan fingerprint density at radius 2 is 1.81 bits per heavy atom. The van der Waals surface area contributed by atoms with Gasteiger partial charge in [0.15, 0.2) is 5.78 Å². The molecule has 5 heteroatoms. The molecule has 3 nitrogen and oxygen atoms in total. The molecule has 1 aromatic carbocycles. The first-order chi connectivity index (χ1) is 9.66. The Morgan fingerprint density at radius 3 is 2.33 bits per heavy atom. The van der Waals surface area contributed by atoms with Gasteiger partial charge in [0.25, 0.3) is 0 Å². The summed E-state index contributed by atoms with van der Waals surface area (Å²) >= 11 is 12.1. The number of carbonyl (C=O) groups excluding carboxylic acids is 2. The van der Waals surface area contributed by atoms with Crippen LogP contribution in [-0.2, 0) is 14.3 Å². The van der Waals surface area contributed by atoms with Crippen molar-refractivity contribution in [3.63, 3.8) is 0 Å². The van der Waals surface area contributed by atoms with Crippen molar-refractivity contribution in [2.75, 3.05) is 0 Å². The highest BCUT2D eigenvalue weighted by Crippen LogP contribution is 2.45. The van der Waals surface area contributed by atoms with Gasteiger partial charge in [-0.15, -0.1) is 0 Å². The second-order valence-corrected chi connectivity index (χ2v) is 7.09. The van der Waals surface area contributed by atoms with Crippen LogP contribution in [0, 0.1) is 17.3 Å². The van der Waals surface area contributed by atoms with Crippen molar-refractivity contribution in [2.24, 2.45) is 17.3 Å². The average molecular weight is 329 g/mol. The van der Waals surface area contributed by atoms with E-state index >= 15 is 0 Å². The van der Waals surface area contributed by atoms with E-state index in [4.69, 9.17) is 27.9 Å². The van der Waals surface area contributed by atoms with Gasteiger partial charge in [-0.2, -0.15) is 0 Å². The molecule has 0 unspecified atom stereocenters. The molecule has 0 aliphatic carbocycles. The van der Waals surface area contributed by atoms with E-state index in [1.807, 2.05) is 13.8 Å². The third-order valence-electron chi connectivity index (χ3n) is 3.98. The average Bonchev–Trinajstić information content (AvgIpc) is 2.35. The first-order valence-electron chi connectivity index (χ1n) is 6.86. The highest BCUT2D eigenvalue weighted by Gasteiger charge is 2.52. The molecular formula is C16H18Cl2O3. The first kappa shape index (κ1) is 16.3. The number of Topliss-reactive ketones (excluding diaryl/α,β-unsaturated/α-hetero) is 1. The van der Waals surface area contributed by atoms with Crippen molar-refractivity contribution in [1.82, 2.24) is 0 Å². The second-order valence-electron chi connectivity index (χ2n) is 6.25. The molecule has 1 aliphatic heterocycles. The lowest BCUT2D eigenvalue weighted by atomic mass is 9.71. The quantitative estimate of drug-likeness (QED) is 0.594. The highest BCUT2D eigenvalue weighted by molar-refractivity contribution is 6.35. The Morgan fingerprint density at radius 1 is 1.19 bits per heavy atom. The van der Waals surface area contributed by atoms with E-state index in [-0.39, 0.29) is 11.7 Å². The molecule has 1 aromatic rings. The van der Waals surface area contributed by atoms with Gasteiger partial charge in [0, 0.05) is 15.6 Å². The molecule has 0 amide bonds. The molecule has 1 heterocycles. The van der Waals surface area contributed by atoms with E-state index in [1.54, 1.807) is 32.0 Å². The van der Waals surface area contributed by atoms with Gasteiger partial charge >= 0.3 is 5.97 Å². The van der Waals surface area contributed by atoms with Crippen LogP contribution in [-0.4, -0.2) is 11.8 Å². The zero-order valence-electron chi connectivity index (χ0n) is 12.4. The minimum Gasteiger partial charge on any atom is -0.456 e. The van der Waals surface area contributed by atoms with Gasteiger partial charge < -0.3 is 4.74 Å². The van der Waals surface area contributed by atoms with Crippen LogP contribution in [0.5, 0.6) is 0 Å². The Hall–Kier alpha value is -1.06. The number of carbonyl (C=O) groups is 2. The number of halogens is 2. The van der Waals surface area contributed by atoms with Crippen molar-refractivity contribution < 1.29 is 14.3 Å². The minimum absolute atomic E-state index is 0.0293. The summed E-state index contributed by atoms with van der Waals surface area (Å²) in [5, 5.41) is 0.900. The molecular weight excluding hydrogens is 311 g/mol. The van der Waals surface area contributed by atoms with Gasteiger partial charge in [-0.25, -0.2) is 0 Å². The highest BCUT2D eigenvalue weighted by atomic mass is 35.5. The van der Waals surface area contributed by atoms with Crippen LogP contribution < -0.4 is 0 Å². The third-order valence-corrected chi connectivity index (χ3v) is 4.54. The number of esters is 1. The number of rotatable bonds is 2. The van der Waals surface area contributed by atoms with E-state index in [9.17, 15) is 9.59 Å². The Labute approximate surface area is 134 Å². The Bertz CT molecular complexity index is 593. The Kier molecular flexibility index (Phi) is 4.36. The van der Waals surface area contributed by atoms with Crippen molar-refractivity contribution in [2.45, 2.75) is 33.8 Å². The topological polar surface area (TPSA) is 43.4 Å². The number of hydrogen-bond acceptors (Lipinski definition) is 3. The first-order valence-corrected chi connectivity index (χ1v) is 7.62. The van der Waals surface area contributed by atoms with Crippen LogP contribution in [0.25, 0.3) is 0 Å². The number of ketones is 1. The predicted octanol–water partition coefficient (Wildman–Crippen LogP) is 4.46. The van der Waals surface area contributed by atoms with E-state index in [0.717, 1.165) is 0 Å². The fourth-order valence-corrected chi connectivity index (χ4v) is 3.15. The summed E-state index contributed by atoms with van der Waals surface area (Å²) in [6.07, 6.45) is -0.664. The molecule has 114 valence electrons. The summed E-state index contributed by atoms with van der Waals surface area (Å²) in [6.45, 7) is 7.09. The number of benzene rings is 1. The maximum Gasteiger partial charge on any atom is 0.319 e. The van der Waals surface area contributed by atoms with Gasteiger partial charge in [0.05, 0.1) is 5.92 Å². The molecule has 1 aliphatic rings. The summed E-state index contributed by atoms with van der Waals surface area (Å²) in [5.41, 5.74) is -0.499. The molecule has 0 aromatic heterocycles. The van der Waals surface area contributed by atoms with Gasteiger partial charge in [-0.1, -0.05) is 43.1 Å². The molecule has 21 heavy (non-hydrogen) atoms. The Balaban J connectivity index is 2.51. The lowest BCUT2D eigenvalue weighted by Gasteiger charge is -2.40. The zero-order chi connectivity index (χ0) is 15.9. The fraction of sp³-hybridized carbons (Fsp3) is 0.500. The van der Waals surface area contributed by atoms with Gasteiger partial charge in [-0.05, 0) is 31.9 Å². The monoisotopic (exact) mass is 328 g/mol. The maximum absolute atomic E-state index is 12.7. The van der Waals surface area contributed by atoms with Gasteiger partial charge in [0.2, 0.25) is 0 Å². The van der Waals surface area contributed by atoms with Crippen molar-refractivity contribution in [3.05, 3.63) is 33.8 Å². The molecule has 0 radical (unpaired) electrons. The molecule has 2 atom stereocenters. The normalized spacial score (nSPS) is 25.1. The molecule has 0 bridgehead atoms. The molecule has 0 N–H and O–H groups in total. The zero-order valence-corrected chi connectivity index (χ0v) is 14.0. The van der Waals surface area contributed by atoms with Crippen LogP contribution in [0.1, 0.15) is 39.4 Å². The molecule has 1 fully saturated rings. The van der Waals surface area contributed by atoms with Crippen LogP contribution in [0.15, 0.2) is 18.2 Å². The summed E-state index contributed by atoms with van der Waals surface area (Å²) in [6, 6.07) is 4.98. The van der Waals surface area contributed by atoms with Gasteiger partial charge in [-0.3, -0.25) is 9.59 Å². The molecule has 1 saturated heterocycles. The van der Waals surface area contributed by atoms with Crippen molar-refractivity contribution in [1.29, 1.82) is 0 Å². The van der Waals surface area contributed by atoms with Gasteiger partial charge in [0.1, 0.15) is 11.5 Å². The van der Waals surface area contributed by atoms with Crippen molar-refractivity contribution in [3.8, 4) is 0 Å². The fourth-order valence-electron chi connectivity index (χ4n) is 2.63. The molecule has 0 spiro atoms. The minimum atomic E-state index is -1.12. The summed E-state index contributed by atoms with van der Waals surface area (Å²) in [5.74, 6) is -1.01. The molecule has 2 rings (SSSR count). The van der Waals surface area contributed by atoms with Crippen LogP contribution in [0.2, 0.25) is 10.0 Å². The summed E-state index contributed by atoms with van der Waals surface area (Å²) < 4.78 is 5.57.